The second-order valence-electron chi connectivity index (χ2n) is 4.28. The minimum atomic E-state index is -0.285. The Morgan fingerprint density at radius 2 is 1.65 bits per heavy atom. The van der Waals surface area contributed by atoms with Gasteiger partial charge in [0.25, 0.3) is 0 Å². The van der Waals surface area contributed by atoms with Crippen LogP contribution >= 0.6 is 34.4 Å². The van der Waals surface area contributed by atoms with Gasteiger partial charge in [-0.15, -0.1) is 11.8 Å². The molecule has 0 aliphatic heterocycles. The zero-order chi connectivity index (χ0) is 14.1. The third-order valence-corrected chi connectivity index (χ3v) is 5.00. The lowest BCUT2D eigenvalue weighted by atomic mass is 10.1. The highest BCUT2D eigenvalue weighted by molar-refractivity contribution is 14.1. The molecule has 20 heavy (non-hydrogen) atoms. The molecule has 0 atom stereocenters. The van der Waals surface area contributed by atoms with Gasteiger partial charge in [0.2, 0.25) is 0 Å². The highest BCUT2D eigenvalue weighted by atomic mass is 127. The summed E-state index contributed by atoms with van der Waals surface area (Å²) in [6.07, 6.45) is 2.02. The van der Waals surface area contributed by atoms with Crippen LogP contribution in [0.2, 0.25) is 0 Å². The highest BCUT2D eigenvalue weighted by Crippen LogP contribution is 2.34. The Morgan fingerprint density at radius 3 is 2.40 bits per heavy atom. The van der Waals surface area contributed by atoms with Crippen molar-refractivity contribution >= 4 is 45.1 Å². The Kier molecular flexibility index (Phi) is 3.85. The lowest BCUT2D eigenvalue weighted by Gasteiger charge is -2.09. The largest absolute Gasteiger partial charge is 0.421 e. The summed E-state index contributed by atoms with van der Waals surface area (Å²) in [4.78, 5) is 13.2. The maximum absolute atomic E-state index is 12.1. The first-order valence-electron chi connectivity index (χ1n) is 6.07. The van der Waals surface area contributed by atoms with Crippen molar-refractivity contribution in [3.63, 3.8) is 0 Å². The Morgan fingerprint density at radius 1 is 1.00 bits per heavy atom. The van der Waals surface area contributed by atoms with Gasteiger partial charge >= 0.3 is 5.63 Å². The van der Waals surface area contributed by atoms with Crippen molar-refractivity contribution in [1.29, 1.82) is 0 Å². The van der Waals surface area contributed by atoms with Crippen LogP contribution in [0.3, 0.4) is 0 Å². The number of fused-ring (bicyclic) bond motifs is 1. The average Bonchev–Trinajstić information content (AvgIpc) is 2.51. The Bertz CT molecular complexity index is 839. The Hall–Kier alpha value is -1.27. The molecule has 2 nitrogen and oxygen atoms in total. The fourth-order valence-electron chi connectivity index (χ4n) is 2.17. The van der Waals surface area contributed by atoms with Crippen molar-refractivity contribution in [2.24, 2.45) is 0 Å². The lowest BCUT2D eigenvalue weighted by molar-refractivity contribution is 0.531. The van der Waals surface area contributed by atoms with Gasteiger partial charge < -0.3 is 4.42 Å². The van der Waals surface area contributed by atoms with Crippen molar-refractivity contribution in [1.82, 2.24) is 0 Å². The van der Waals surface area contributed by atoms with E-state index in [4.69, 9.17) is 4.42 Å². The van der Waals surface area contributed by atoms with Crippen LogP contribution in [0, 0.1) is 3.57 Å². The fourth-order valence-corrected chi connectivity index (χ4v) is 3.64. The molecule has 2 aromatic carbocycles. The molecule has 0 fully saturated rings. The summed E-state index contributed by atoms with van der Waals surface area (Å²) in [5, 5.41) is 1.57. The van der Waals surface area contributed by atoms with Gasteiger partial charge in [-0.05, 0) is 41.0 Å². The van der Waals surface area contributed by atoms with Crippen LogP contribution in [0.15, 0.2) is 62.6 Å². The number of halogens is 1. The maximum Gasteiger partial charge on any atom is 0.344 e. The molecule has 3 rings (SSSR count). The predicted molar refractivity (Wildman–Crippen MR) is 92.4 cm³/mol. The van der Waals surface area contributed by atoms with Gasteiger partial charge in [-0.2, -0.15) is 0 Å². The molecule has 0 N–H and O–H groups in total. The molecule has 1 heterocycles. The van der Waals surface area contributed by atoms with Gasteiger partial charge in [0.15, 0.2) is 5.76 Å². The summed E-state index contributed by atoms with van der Waals surface area (Å²) in [5.41, 5.74) is 0.680. The van der Waals surface area contributed by atoms with Gasteiger partial charge in [-0.25, -0.2) is 4.79 Å². The van der Waals surface area contributed by atoms with E-state index in [1.165, 1.54) is 0 Å². The summed E-state index contributed by atoms with van der Waals surface area (Å²) in [6.45, 7) is 0. The van der Waals surface area contributed by atoms with E-state index in [1.54, 1.807) is 17.8 Å². The zero-order valence-electron chi connectivity index (χ0n) is 10.7. The first-order chi connectivity index (χ1) is 9.72. The van der Waals surface area contributed by atoms with Gasteiger partial charge in [0, 0.05) is 15.8 Å². The molecule has 0 unspecified atom stereocenters. The number of thioether (sulfide) groups is 1. The third-order valence-electron chi connectivity index (χ3n) is 3.13. The molecule has 0 spiro atoms. The SMILES string of the molecule is CSc1ccccc1-c1oc(=O)c2ccccc2c1I. The van der Waals surface area contributed by atoms with E-state index in [1.807, 2.05) is 48.7 Å². The average molecular weight is 394 g/mol. The molecule has 0 radical (unpaired) electrons. The van der Waals surface area contributed by atoms with Crippen LogP contribution in [0.4, 0.5) is 0 Å². The monoisotopic (exact) mass is 394 g/mol. The second kappa shape index (κ2) is 5.61. The van der Waals surface area contributed by atoms with Crippen LogP contribution in [0.25, 0.3) is 22.1 Å². The molecule has 0 saturated carbocycles. The molecule has 0 amide bonds. The number of benzene rings is 2. The molecule has 100 valence electrons. The molecular formula is C16H11IO2S. The number of rotatable bonds is 2. The molecule has 4 heteroatoms. The number of hydrogen-bond donors (Lipinski definition) is 0. The Balaban J connectivity index is 2.38. The first-order valence-corrected chi connectivity index (χ1v) is 8.37. The normalized spacial score (nSPS) is 10.9. The maximum atomic E-state index is 12.1. The van der Waals surface area contributed by atoms with E-state index in [0.29, 0.717) is 11.1 Å². The van der Waals surface area contributed by atoms with Crippen LogP contribution in [-0.4, -0.2) is 6.26 Å². The van der Waals surface area contributed by atoms with Crippen LogP contribution in [0.1, 0.15) is 0 Å². The topological polar surface area (TPSA) is 30.2 Å². The van der Waals surface area contributed by atoms with E-state index in [-0.39, 0.29) is 5.63 Å². The van der Waals surface area contributed by atoms with Crippen molar-refractivity contribution in [2.75, 3.05) is 6.26 Å². The van der Waals surface area contributed by atoms with E-state index < -0.39 is 0 Å². The molecule has 0 saturated heterocycles. The van der Waals surface area contributed by atoms with Gasteiger partial charge in [0.1, 0.15) is 0 Å². The van der Waals surface area contributed by atoms with Crippen molar-refractivity contribution in [2.45, 2.75) is 4.90 Å². The molecule has 0 aliphatic rings. The fraction of sp³-hybridized carbons (Fsp3) is 0.0625. The van der Waals surface area contributed by atoms with Crippen LogP contribution in [0.5, 0.6) is 0 Å². The third kappa shape index (κ3) is 2.27. The zero-order valence-corrected chi connectivity index (χ0v) is 13.7. The summed E-state index contributed by atoms with van der Waals surface area (Å²) in [5.74, 6) is 0.652. The Labute approximate surface area is 134 Å². The van der Waals surface area contributed by atoms with E-state index in [9.17, 15) is 4.79 Å². The molecule has 0 bridgehead atoms. The highest BCUT2D eigenvalue weighted by Gasteiger charge is 2.15. The smallest absolute Gasteiger partial charge is 0.344 e. The van der Waals surface area contributed by atoms with Crippen molar-refractivity contribution in [3.8, 4) is 11.3 Å². The molecule has 1 aromatic heterocycles. The summed E-state index contributed by atoms with van der Waals surface area (Å²) >= 11 is 3.89. The van der Waals surface area contributed by atoms with Crippen molar-refractivity contribution < 1.29 is 4.42 Å². The standard InChI is InChI=1S/C16H11IO2S/c1-20-13-9-5-4-8-12(13)15-14(17)10-6-2-3-7-11(10)16(18)19-15/h2-9H,1H3. The first kappa shape index (κ1) is 13.7. The van der Waals surface area contributed by atoms with Gasteiger partial charge in [-0.3, -0.25) is 0 Å². The molecular weight excluding hydrogens is 383 g/mol. The van der Waals surface area contributed by atoms with Gasteiger partial charge in [-0.1, -0.05) is 36.4 Å². The van der Waals surface area contributed by atoms with Crippen LogP contribution in [-0.2, 0) is 0 Å². The van der Waals surface area contributed by atoms with E-state index in [0.717, 1.165) is 19.4 Å². The minimum Gasteiger partial charge on any atom is -0.421 e. The molecule has 3 aromatic rings. The number of hydrogen-bond acceptors (Lipinski definition) is 3. The summed E-state index contributed by atoms with van der Waals surface area (Å²) in [6, 6.07) is 15.5. The summed E-state index contributed by atoms with van der Waals surface area (Å²) in [7, 11) is 0. The van der Waals surface area contributed by atoms with Gasteiger partial charge in [0.05, 0.1) is 8.96 Å². The van der Waals surface area contributed by atoms with Crippen molar-refractivity contribution in [3.05, 3.63) is 62.5 Å². The quantitative estimate of drug-likeness (QED) is 0.463. The van der Waals surface area contributed by atoms with E-state index in [2.05, 4.69) is 22.6 Å². The lowest BCUT2D eigenvalue weighted by Crippen LogP contribution is -2.03. The molecule has 0 aliphatic carbocycles. The van der Waals surface area contributed by atoms with Crippen LogP contribution < -0.4 is 5.63 Å². The second-order valence-corrected chi connectivity index (χ2v) is 6.21. The predicted octanol–water partition coefficient (Wildman–Crippen LogP) is 4.79. The summed E-state index contributed by atoms with van der Waals surface area (Å²) < 4.78 is 6.55. The van der Waals surface area contributed by atoms with E-state index >= 15 is 0 Å². The minimum absolute atomic E-state index is 0.285.